The van der Waals surface area contributed by atoms with Crippen LogP contribution in [0.5, 0.6) is 11.6 Å². The van der Waals surface area contributed by atoms with E-state index in [1.54, 1.807) is 62.6 Å². The molecule has 15 heteroatoms. The molecule has 0 spiro atoms. The summed E-state index contributed by atoms with van der Waals surface area (Å²) in [6, 6.07) is 7.35. The maximum Gasteiger partial charge on any atom is 0.459 e. The molecule has 5 atom stereocenters. The Labute approximate surface area is 231 Å². The van der Waals surface area contributed by atoms with Gasteiger partial charge in [-0.1, -0.05) is 32.0 Å². The summed E-state index contributed by atoms with van der Waals surface area (Å²) in [6.07, 6.45) is -1.64. The molecule has 0 aliphatic carbocycles. The summed E-state index contributed by atoms with van der Waals surface area (Å²) >= 11 is 0. The average molecular weight is 579 g/mol. The lowest BCUT2D eigenvalue weighted by atomic mass is 9.84. The molecule has 1 aliphatic heterocycles. The molecule has 0 radical (unpaired) electrons. The lowest BCUT2D eigenvalue weighted by Gasteiger charge is -2.29. The smallest absolute Gasteiger partial charge is 0.459 e. The second-order valence-electron chi connectivity index (χ2n) is 10.2. The Morgan fingerprint density at radius 1 is 1.25 bits per heavy atom. The van der Waals surface area contributed by atoms with Crippen molar-refractivity contribution in [2.45, 2.75) is 65.2 Å². The lowest BCUT2D eigenvalue weighted by Crippen LogP contribution is -2.38. The minimum atomic E-state index is -4.17. The lowest BCUT2D eigenvalue weighted by molar-refractivity contribution is -0.149. The van der Waals surface area contributed by atoms with Crippen molar-refractivity contribution in [2.75, 3.05) is 19.5 Å². The Bertz CT molecular complexity index is 1380. The zero-order valence-electron chi connectivity index (χ0n) is 23.2. The van der Waals surface area contributed by atoms with E-state index >= 15 is 0 Å². The van der Waals surface area contributed by atoms with Gasteiger partial charge in [-0.25, -0.2) is 9.55 Å². The van der Waals surface area contributed by atoms with Crippen LogP contribution in [0.3, 0.4) is 0 Å². The molecule has 1 aliphatic rings. The number of carbonyl (C=O) groups excluding carboxylic acids is 1. The molecular formula is C25H35N6O8P. The first-order valence-corrected chi connectivity index (χ1v) is 14.2. The van der Waals surface area contributed by atoms with Gasteiger partial charge >= 0.3 is 13.7 Å². The van der Waals surface area contributed by atoms with Gasteiger partial charge in [-0.15, -0.1) is 0 Å². The van der Waals surface area contributed by atoms with Gasteiger partial charge in [-0.05, 0) is 32.9 Å². The SMILES string of the molecule is COc1nc(N)nc2c1ncn2C1OC(COP(=O)(NC(C)C(=O)OC(C)C)Oc2ccccc2)C(O)C1(C)C. The highest BCUT2D eigenvalue weighted by Gasteiger charge is 2.52. The Morgan fingerprint density at radius 2 is 1.95 bits per heavy atom. The molecule has 3 aromatic rings. The maximum absolute atomic E-state index is 13.8. The van der Waals surface area contributed by atoms with Crippen molar-refractivity contribution in [3.63, 3.8) is 0 Å². The quantitative estimate of drug-likeness (QED) is 0.223. The van der Waals surface area contributed by atoms with E-state index in [1.807, 2.05) is 0 Å². The van der Waals surface area contributed by atoms with E-state index in [4.69, 9.17) is 29.0 Å². The third-order valence-corrected chi connectivity index (χ3v) is 7.99. The first-order chi connectivity index (χ1) is 18.8. The molecule has 14 nitrogen and oxygen atoms in total. The van der Waals surface area contributed by atoms with Gasteiger partial charge in [0.05, 0.1) is 32.3 Å². The van der Waals surface area contributed by atoms with Crippen molar-refractivity contribution < 1.29 is 37.7 Å². The first kappa shape index (κ1) is 29.7. The number of anilines is 1. The third kappa shape index (κ3) is 6.21. The zero-order chi connectivity index (χ0) is 29.2. The van der Waals surface area contributed by atoms with Crippen LogP contribution in [0.4, 0.5) is 5.95 Å². The van der Waals surface area contributed by atoms with Gasteiger partial charge in [0.15, 0.2) is 11.2 Å². The number of benzene rings is 1. The van der Waals surface area contributed by atoms with Crippen LogP contribution in [-0.4, -0.2) is 68.7 Å². The van der Waals surface area contributed by atoms with E-state index < -0.39 is 43.6 Å². The molecule has 3 heterocycles. The van der Waals surface area contributed by atoms with Gasteiger partial charge < -0.3 is 29.6 Å². The maximum atomic E-state index is 13.8. The second-order valence-corrected chi connectivity index (χ2v) is 11.9. The number of rotatable bonds is 11. The summed E-state index contributed by atoms with van der Waals surface area (Å²) in [4.78, 5) is 25.1. The number of ether oxygens (including phenoxy) is 3. The summed E-state index contributed by atoms with van der Waals surface area (Å²) in [5.41, 5.74) is 5.71. The molecule has 218 valence electrons. The summed E-state index contributed by atoms with van der Waals surface area (Å²) in [7, 11) is -2.72. The number of para-hydroxylation sites is 1. The molecule has 1 saturated heterocycles. The highest BCUT2D eigenvalue weighted by molar-refractivity contribution is 7.52. The zero-order valence-corrected chi connectivity index (χ0v) is 24.1. The monoisotopic (exact) mass is 578 g/mol. The van der Waals surface area contributed by atoms with Crippen molar-refractivity contribution in [1.29, 1.82) is 0 Å². The van der Waals surface area contributed by atoms with Crippen molar-refractivity contribution in [2.24, 2.45) is 5.41 Å². The molecule has 2 aromatic heterocycles. The number of imidazole rings is 1. The third-order valence-electron chi connectivity index (χ3n) is 6.34. The summed E-state index contributed by atoms with van der Waals surface area (Å²) < 4.78 is 43.6. The van der Waals surface area contributed by atoms with E-state index in [2.05, 4.69) is 20.0 Å². The van der Waals surface area contributed by atoms with Gasteiger partial charge in [0.2, 0.25) is 11.8 Å². The molecule has 5 unspecified atom stereocenters. The number of methoxy groups -OCH3 is 1. The summed E-state index contributed by atoms with van der Waals surface area (Å²) in [6.45, 7) is 8.17. The van der Waals surface area contributed by atoms with Gasteiger partial charge in [-0.2, -0.15) is 15.1 Å². The molecule has 0 saturated carbocycles. The van der Waals surface area contributed by atoms with Gasteiger partial charge in [0, 0.05) is 5.41 Å². The number of aliphatic hydroxyl groups is 1. The number of aliphatic hydroxyl groups excluding tert-OH is 1. The van der Waals surface area contributed by atoms with E-state index in [1.165, 1.54) is 20.4 Å². The van der Waals surface area contributed by atoms with Crippen molar-refractivity contribution in [3.05, 3.63) is 36.7 Å². The van der Waals surface area contributed by atoms with E-state index in [0.717, 1.165) is 0 Å². The largest absolute Gasteiger partial charge is 0.479 e. The number of aromatic nitrogens is 4. The van der Waals surface area contributed by atoms with Crippen LogP contribution in [0.1, 0.15) is 40.8 Å². The number of nitrogens with zero attached hydrogens (tertiary/aromatic N) is 4. The fourth-order valence-electron chi connectivity index (χ4n) is 4.32. The van der Waals surface area contributed by atoms with E-state index in [-0.39, 0.29) is 30.3 Å². The van der Waals surface area contributed by atoms with Crippen LogP contribution in [0.25, 0.3) is 11.2 Å². The van der Waals surface area contributed by atoms with Crippen LogP contribution >= 0.6 is 7.75 Å². The van der Waals surface area contributed by atoms with Gasteiger partial charge in [-0.3, -0.25) is 13.9 Å². The Kier molecular flexibility index (Phi) is 8.66. The fourth-order valence-corrected chi connectivity index (χ4v) is 5.82. The van der Waals surface area contributed by atoms with Crippen LogP contribution < -0.4 is 20.1 Å². The Morgan fingerprint density at radius 3 is 2.60 bits per heavy atom. The normalized spacial score (nSPS) is 22.6. The predicted molar refractivity (Wildman–Crippen MR) is 144 cm³/mol. The number of hydrogen-bond donors (Lipinski definition) is 3. The highest BCUT2D eigenvalue weighted by atomic mass is 31.2. The Hall–Kier alpha value is -3.29. The highest BCUT2D eigenvalue weighted by Crippen LogP contribution is 2.49. The number of nitrogen functional groups attached to an aromatic ring is 1. The van der Waals surface area contributed by atoms with E-state index in [0.29, 0.717) is 11.2 Å². The second kappa shape index (κ2) is 11.7. The molecule has 1 aromatic carbocycles. The number of carbonyl (C=O) groups is 1. The molecule has 4 rings (SSSR count). The standard InChI is InChI=1S/C25H35N6O8P/c1-14(2)37-22(33)15(3)30-40(34,39-16-10-8-7-9-11-16)36-12-17-19(32)25(4,5)23(38-17)31-13-27-18-20(31)28-24(26)29-21(18)35-6/h7-11,13-15,17,19,23,32H,12H2,1-6H3,(H,30,34)(H2,26,28,29). The molecule has 1 fully saturated rings. The van der Waals surface area contributed by atoms with Gasteiger partial charge in [0.25, 0.3) is 0 Å². The van der Waals surface area contributed by atoms with Crippen molar-refractivity contribution in [1.82, 2.24) is 24.6 Å². The summed E-state index contributed by atoms with van der Waals surface area (Å²) in [5.74, 6) is -0.187. The van der Waals surface area contributed by atoms with Crippen LogP contribution in [0, 0.1) is 5.41 Å². The minimum Gasteiger partial charge on any atom is -0.479 e. The average Bonchev–Trinajstić information content (AvgIpc) is 3.40. The Balaban J connectivity index is 1.56. The summed E-state index contributed by atoms with van der Waals surface area (Å²) in [5, 5.41) is 13.9. The van der Waals surface area contributed by atoms with Crippen molar-refractivity contribution >= 4 is 30.8 Å². The number of hydrogen-bond acceptors (Lipinski definition) is 12. The number of esters is 1. The number of fused-ring (bicyclic) bond motifs is 1. The fraction of sp³-hybridized carbons (Fsp3) is 0.520. The predicted octanol–water partition coefficient (Wildman–Crippen LogP) is 2.83. The van der Waals surface area contributed by atoms with Crippen LogP contribution in [0.15, 0.2) is 36.7 Å². The number of nitrogens with one attached hydrogen (secondary N) is 1. The number of nitrogens with two attached hydrogens (primary N) is 1. The molecule has 0 bridgehead atoms. The molecule has 4 N–H and O–H groups in total. The topological polar surface area (TPSA) is 182 Å². The molecular weight excluding hydrogens is 543 g/mol. The van der Waals surface area contributed by atoms with Gasteiger partial charge in [0.1, 0.15) is 24.1 Å². The molecule has 0 amide bonds. The minimum absolute atomic E-state index is 0.0162. The molecule has 40 heavy (non-hydrogen) atoms. The van der Waals surface area contributed by atoms with Crippen LogP contribution in [0.2, 0.25) is 0 Å². The van der Waals surface area contributed by atoms with Crippen molar-refractivity contribution in [3.8, 4) is 11.6 Å². The first-order valence-electron chi connectivity index (χ1n) is 12.7. The van der Waals surface area contributed by atoms with E-state index in [9.17, 15) is 14.5 Å². The van der Waals surface area contributed by atoms with Crippen LogP contribution in [-0.2, 0) is 23.4 Å².